The van der Waals surface area contributed by atoms with Gasteiger partial charge in [0.25, 0.3) is 0 Å². The highest BCUT2D eigenvalue weighted by Crippen LogP contribution is 2.11. The molecule has 0 aromatic carbocycles. The van der Waals surface area contributed by atoms with Gasteiger partial charge in [0.2, 0.25) is 11.8 Å². The van der Waals surface area contributed by atoms with E-state index < -0.39 is 17.3 Å². The largest absolute Gasteiger partial charge is 0.481 e. The SMILES string of the molecule is CC(C)(CNC(=O)CSCC(=O)O)C(N)=O. The van der Waals surface area contributed by atoms with Gasteiger partial charge in [-0.1, -0.05) is 0 Å². The molecule has 0 heterocycles. The summed E-state index contributed by atoms with van der Waals surface area (Å²) in [6, 6.07) is 0. The van der Waals surface area contributed by atoms with Crippen LogP contribution in [-0.4, -0.2) is 40.9 Å². The zero-order chi connectivity index (χ0) is 12.8. The van der Waals surface area contributed by atoms with Gasteiger partial charge in [0, 0.05) is 6.54 Å². The number of nitrogens with one attached hydrogen (secondary N) is 1. The Hall–Kier alpha value is -1.24. The molecule has 2 amide bonds. The maximum Gasteiger partial charge on any atom is 0.313 e. The number of carboxylic acids is 1. The number of hydrogen-bond acceptors (Lipinski definition) is 4. The molecule has 0 aliphatic carbocycles. The fourth-order valence-electron chi connectivity index (χ4n) is 0.689. The molecule has 0 unspecified atom stereocenters. The molecule has 16 heavy (non-hydrogen) atoms. The Labute approximate surface area is 98.0 Å². The van der Waals surface area contributed by atoms with Gasteiger partial charge in [0.1, 0.15) is 0 Å². The molecule has 0 radical (unpaired) electrons. The Kier molecular flexibility index (Phi) is 5.87. The lowest BCUT2D eigenvalue weighted by Crippen LogP contribution is -2.42. The highest BCUT2D eigenvalue weighted by Gasteiger charge is 2.25. The standard InChI is InChI=1S/C9H16N2O4S/c1-9(2,8(10)15)5-11-6(12)3-16-4-7(13)14/h3-5H2,1-2H3,(H2,10,15)(H,11,12)(H,13,14). The van der Waals surface area contributed by atoms with Gasteiger partial charge in [-0.25, -0.2) is 0 Å². The lowest BCUT2D eigenvalue weighted by atomic mass is 9.93. The normalized spacial score (nSPS) is 10.9. The minimum absolute atomic E-state index is 0.0567. The maximum atomic E-state index is 11.2. The van der Waals surface area contributed by atoms with Crippen LogP contribution >= 0.6 is 11.8 Å². The summed E-state index contributed by atoms with van der Waals surface area (Å²) < 4.78 is 0. The van der Waals surface area contributed by atoms with Gasteiger partial charge >= 0.3 is 5.97 Å². The highest BCUT2D eigenvalue weighted by atomic mass is 32.2. The number of primary amides is 1. The van der Waals surface area contributed by atoms with Gasteiger partial charge in [-0.15, -0.1) is 11.8 Å². The van der Waals surface area contributed by atoms with E-state index in [9.17, 15) is 14.4 Å². The van der Waals surface area contributed by atoms with Gasteiger partial charge in [0.05, 0.1) is 16.9 Å². The molecule has 0 saturated carbocycles. The van der Waals surface area contributed by atoms with E-state index in [1.54, 1.807) is 13.8 Å². The summed E-state index contributed by atoms with van der Waals surface area (Å²) in [5.41, 5.74) is 4.32. The Morgan fingerprint density at radius 1 is 1.31 bits per heavy atom. The molecule has 0 spiro atoms. The van der Waals surface area contributed by atoms with Crippen molar-refractivity contribution in [2.45, 2.75) is 13.8 Å². The van der Waals surface area contributed by atoms with Crippen molar-refractivity contribution in [2.24, 2.45) is 11.1 Å². The number of carboxylic acid groups (broad SMARTS) is 1. The first-order valence-corrected chi connectivity index (χ1v) is 5.77. The van der Waals surface area contributed by atoms with Crippen molar-refractivity contribution in [3.05, 3.63) is 0 Å². The van der Waals surface area contributed by atoms with Crippen molar-refractivity contribution in [2.75, 3.05) is 18.1 Å². The minimum Gasteiger partial charge on any atom is -0.481 e. The van der Waals surface area contributed by atoms with E-state index in [0.717, 1.165) is 11.8 Å². The second-order valence-corrected chi connectivity index (χ2v) is 4.90. The zero-order valence-corrected chi connectivity index (χ0v) is 10.1. The summed E-state index contributed by atoms with van der Waals surface area (Å²) in [5.74, 6) is -1.82. The molecule has 6 nitrogen and oxygen atoms in total. The van der Waals surface area contributed by atoms with Crippen LogP contribution < -0.4 is 11.1 Å². The number of carbonyl (C=O) groups excluding carboxylic acids is 2. The molecule has 0 aliphatic heterocycles. The molecular weight excluding hydrogens is 232 g/mol. The molecule has 0 aliphatic rings. The van der Waals surface area contributed by atoms with Crippen molar-refractivity contribution in [1.29, 1.82) is 0 Å². The van der Waals surface area contributed by atoms with Crippen LogP contribution in [0.3, 0.4) is 0 Å². The third kappa shape index (κ3) is 6.28. The molecule has 0 aromatic rings. The molecule has 4 N–H and O–H groups in total. The summed E-state index contributed by atoms with van der Waals surface area (Å²) in [5, 5.41) is 10.9. The number of aliphatic carboxylic acids is 1. The maximum absolute atomic E-state index is 11.2. The second-order valence-electron chi connectivity index (χ2n) is 3.91. The van der Waals surface area contributed by atoms with E-state index in [1.807, 2.05) is 0 Å². The van der Waals surface area contributed by atoms with Crippen molar-refractivity contribution in [3.8, 4) is 0 Å². The fraction of sp³-hybridized carbons (Fsp3) is 0.667. The van der Waals surface area contributed by atoms with E-state index in [4.69, 9.17) is 10.8 Å². The van der Waals surface area contributed by atoms with E-state index in [1.165, 1.54) is 0 Å². The van der Waals surface area contributed by atoms with Crippen LogP contribution in [0.2, 0.25) is 0 Å². The van der Waals surface area contributed by atoms with Crippen LogP contribution in [0.1, 0.15) is 13.8 Å². The van der Waals surface area contributed by atoms with Gasteiger partial charge in [-0.2, -0.15) is 0 Å². The minimum atomic E-state index is -0.963. The summed E-state index contributed by atoms with van der Waals surface area (Å²) in [6.45, 7) is 3.40. The summed E-state index contributed by atoms with van der Waals surface area (Å²) in [7, 11) is 0. The first-order chi connectivity index (χ1) is 7.25. The number of carbonyl (C=O) groups is 3. The number of rotatable bonds is 7. The first kappa shape index (κ1) is 14.8. The summed E-state index contributed by atoms with van der Waals surface area (Å²) in [6.07, 6.45) is 0. The number of amides is 2. The molecule has 0 rings (SSSR count). The second kappa shape index (κ2) is 6.37. The van der Waals surface area contributed by atoms with E-state index in [0.29, 0.717) is 0 Å². The Morgan fingerprint density at radius 3 is 2.31 bits per heavy atom. The van der Waals surface area contributed by atoms with Crippen LogP contribution in [0.5, 0.6) is 0 Å². The topological polar surface area (TPSA) is 109 Å². The van der Waals surface area contributed by atoms with Gasteiger partial charge in [-0.05, 0) is 13.8 Å². The van der Waals surface area contributed by atoms with Gasteiger partial charge < -0.3 is 16.2 Å². The molecule has 0 bridgehead atoms. The molecular formula is C9H16N2O4S. The van der Waals surface area contributed by atoms with Crippen molar-refractivity contribution >= 4 is 29.5 Å². The van der Waals surface area contributed by atoms with Crippen molar-refractivity contribution in [3.63, 3.8) is 0 Å². The third-order valence-corrected chi connectivity index (χ3v) is 2.77. The Balaban J connectivity index is 3.82. The van der Waals surface area contributed by atoms with Crippen LogP contribution in [0.15, 0.2) is 0 Å². The van der Waals surface area contributed by atoms with Crippen molar-refractivity contribution in [1.82, 2.24) is 5.32 Å². The van der Waals surface area contributed by atoms with E-state index in [-0.39, 0.29) is 24.0 Å². The predicted molar refractivity (Wildman–Crippen MR) is 60.9 cm³/mol. The lowest BCUT2D eigenvalue weighted by molar-refractivity contribution is -0.134. The Bertz CT molecular complexity index is 291. The van der Waals surface area contributed by atoms with Crippen LogP contribution in [-0.2, 0) is 14.4 Å². The number of hydrogen-bond donors (Lipinski definition) is 3. The average molecular weight is 248 g/mol. The first-order valence-electron chi connectivity index (χ1n) is 4.62. The molecule has 0 saturated heterocycles. The lowest BCUT2D eigenvalue weighted by Gasteiger charge is -2.20. The average Bonchev–Trinajstić information content (AvgIpc) is 2.14. The zero-order valence-electron chi connectivity index (χ0n) is 9.28. The quantitative estimate of drug-likeness (QED) is 0.559. The van der Waals surface area contributed by atoms with E-state index in [2.05, 4.69) is 5.32 Å². The smallest absolute Gasteiger partial charge is 0.313 e. The molecule has 7 heteroatoms. The van der Waals surface area contributed by atoms with Crippen molar-refractivity contribution < 1.29 is 19.5 Å². The Morgan fingerprint density at radius 2 is 1.88 bits per heavy atom. The molecule has 0 aromatic heterocycles. The predicted octanol–water partition coefficient (Wildman–Crippen LogP) is -0.568. The number of nitrogens with two attached hydrogens (primary N) is 1. The highest BCUT2D eigenvalue weighted by molar-refractivity contribution is 8.00. The van der Waals surface area contributed by atoms with Crippen LogP contribution in [0.4, 0.5) is 0 Å². The van der Waals surface area contributed by atoms with E-state index >= 15 is 0 Å². The van der Waals surface area contributed by atoms with Gasteiger partial charge in [0.15, 0.2) is 0 Å². The summed E-state index contributed by atoms with van der Waals surface area (Å²) >= 11 is 1.00. The van der Waals surface area contributed by atoms with Crippen LogP contribution in [0, 0.1) is 5.41 Å². The number of thioether (sulfide) groups is 1. The molecule has 0 atom stereocenters. The monoisotopic (exact) mass is 248 g/mol. The third-order valence-electron chi connectivity index (χ3n) is 1.85. The van der Waals surface area contributed by atoms with Gasteiger partial charge in [-0.3, -0.25) is 14.4 Å². The molecule has 0 fully saturated rings. The molecule has 92 valence electrons. The summed E-state index contributed by atoms with van der Waals surface area (Å²) in [4.78, 5) is 32.3. The van der Waals surface area contributed by atoms with Crippen LogP contribution in [0.25, 0.3) is 0 Å². The fourth-order valence-corrected chi connectivity index (χ4v) is 1.25.